The van der Waals surface area contributed by atoms with Gasteiger partial charge in [0.15, 0.2) is 0 Å². The van der Waals surface area contributed by atoms with E-state index in [-0.39, 0.29) is 10.9 Å². The minimum Gasteiger partial charge on any atom is -0.303 e. The molecule has 0 aromatic carbocycles. The Morgan fingerprint density at radius 3 is 2.64 bits per heavy atom. The Hall–Kier alpha value is 0.0200. The van der Waals surface area contributed by atoms with Crippen LogP contribution in [0.25, 0.3) is 0 Å². The zero-order valence-corrected chi connectivity index (χ0v) is 8.53. The van der Waals surface area contributed by atoms with Gasteiger partial charge >= 0.3 is 0 Å². The molecule has 2 heteroatoms. The van der Waals surface area contributed by atoms with Crippen LogP contribution in [0.2, 0.25) is 0 Å². The van der Waals surface area contributed by atoms with Crippen LogP contribution in [0, 0.1) is 11.3 Å². The summed E-state index contributed by atoms with van der Waals surface area (Å²) >= 11 is 0. The van der Waals surface area contributed by atoms with Crippen molar-refractivity contribution in [1.29, 1.82) is 0 Å². The Morgan fingerprint density at radius 2 is 2.18 bits per heavy atom. The first kappa shape index (κ1) is 9.11. The highest BCUT2D eigenvalue weighted by Crippen LogP contribution is 2.42. The number of carbonyl (C=O) groups excluding carboxylic acids is 1. The Kier molecular flexibility index (Phi) is 2.63. The Bertz CT molecular complexity index is 154. The van der Waals surface area contributed by atoms with E-state index < -0.39 is 0 Å². The molecule has 0 N–H and O–H groups in total. The molecule has 1 fully saturated rings. The number of carbonyl (C=O) groups is 1. The molecule has 0 aromatic heterocycles. The Labute approximate surface area is 71.9 Å². The molecule has 0 aromatic rings. The Morgan fingerprint density at radius 1 is 1.55 bits per heavy atom. The van der Waals surface area contributed by atoms with Gasteiger partial charge in [0.25, 0.3) is 0 Å². The van der Waals surface area contributed by atoms with Crippen LogP contribution in [0.3, 0.4) is 0 Å². The summed E-state index contributed by atoms with van der Waals surface area (Å²) < 4.78 is 0. The lowest BCUT2D eigenvalue weighted by molar-refractivity contribution is -0.111. The van der Waals surface area contributed by atoms with Crippen LogP contribution in [0.5, 0.6) is 0 Å². The number of hydrogen-bond donors (Lipinski definition) is 1. The predicted octanol–water partition coefficient (Wildman–Crippen LogP) is 1.86. The molecule has 2 unspecified atom stereocenters. The van der Waals surface area contributed by atoms with Crippen molar-refractivity contribution >= 4 is 17.2 Å². The summed E-state index contributed by atoms with van der Waals surface area (Å²) in [7, 11) is 0.144. The lowest BCUT2D eigenvalue weighted by Gasteiger charge is -2.38. The standard InChI is InChI=1S/C9H18OS/c1-9(2)4-8(5-10)6-11(3)7-9/h5,8,11H,4,6-7H2,1-3H3. The minimum absolute atomic E-state index is 0.144. The monoisotopic (exact) mass is 174 g/mol. The summed E-state index contributed by atoms with van der Waals surface area (Å²) in [6.45, 7) is 4.56. The van der Waals surface area contributed by atoms with Crippen LogP contribution < -0.4 is 0 Å². The molecular formula is C9H18OS. The molecule has 0 spiro atoms. The molecule has 1 nitrogen and oxygen atoms in total. The topological polar surface area (TPSA) is 17.1 Å². The maximum Gasteiger partial charge on any atom is 0.123 e. The molecular weight excluding hydrogens is 156 g/mol. The van der Waals surface area contributed by atoms with Gasteiger partial charge in [0.1, 0.15) is 6.29 Å². The first-order valence-electron chi connectivity index (χ1n) is 4.17. The molecule has 2 atom stereocenters. The van der Waals surface area contributed by atoms with Crippen molar-refractivity contribution in [2.45, 2.75) is 20.3 Å². The number of aldehydes is 1. The van der Waals surface area contributed by atoms with E-state index in [2.05, 4.69) is 20.1 Å². The number of rotatable bonds is 1. The average Bonchev–Trinajstić information content (AvgIpc) is 1.83. The van der Waals surface area contributed by atoms with Crippen molar-refractivity contribution in [1.82, 2.24) is 0 Å². The first-order valence-corrected chi connectivity index (χ1v) is 6.33. The summed E-state index contributed by atoms with van der Waals surface area (Å²) in [5.41, 5.74) is 0.421. The quantitative estimate of drug-likeness (QED) is 0.474. The zero-order chi connectivity index (χ0) is 8.48. The molecule has 1 aliphatic heterocycles. The summed E-state index contributed by atoms with van der Waals surface area (Å²) in [5.74, 6) is 2.87. The second kappa shape index (κ2) is 3.18. The molecule has 1 rings (SSSR count). The van der Waals surface area contributed by atoms with Gasteiger partial charge in [0.05, 0.1) is 0 Å². The largest absolute Gasteiger partial charge is 0.303 e. The van der Waals surface area contributed by atoms with Crippen molar-refractivity contribution in [3.05, 3.63) is 0 Å². The van der Waals surface area contributed by atoms with E-state index in [1.165, 1.54) is 11.5 Å². The van der Waals surface area contributed by atoms with Gasteiger partial charge in [-0.05, 0) is 29.6 Å². The minimum atomic E-state index is 0.144. The molecule has 1 saturated heterocycles. The zero-order valence-electron chi connectivity index (χ0n) is 7.63. The van der Waals surface area contributed by atoms with Gasteiger partial charge in [-0.25, -0.2) is 0 Å². The van der Waals surface area contributed by atoms with Crippen LogP contribution in [-0.4, -0.2) is 24.0 Å². The molecule has 66 valence electrons. The normalized spacial score (nSPS) is 39.9. The van der Waals surface area contributed by atoms with Crippen molar-refractivity contribution in [2.75, 3.05) is 17.8 Å². The molecule has 11 heavy (non-hydrogen) atoms. The fourth-order valence-electron chi connectivity index (χ4n) is 2.13. The van der Waals surface area contributed by atoms with Crippen molar-refractivity contribution in [2.24, 2.45) is 11.3 Å². The molecule has 1 aliphatic rings. The third kappa shape index (κ3) is 2.51. The highest BCUT2D eigenvalue weighted by Gasteiger charge is 2.30. The average molecular weight is 174 g/mol. The van der Waals surface area contributed by atoms with Gasteiger partial charge in [-0.2, -0.15) is 0 Å². The van der Waals surface area contributed by atoms with E-state index in [1.54, 1.807) is 0 Å². The van der Waals surface area contributed by atoms with Crippen LogP contribution in [0.15, 0.2) is 0 Å². The fraction of sp³-hybridized carbons (Fsp3) is 0.889. The maximum atomic E-state index is 10.6. The summed E-state index contributed by atoms with van der Waals surface area (Å²) in [6.07, 6.45) is 4.57. The van der Waals surface area contributed by atoms with E-state index in [1.807, 2.05) is 0 Å². The van der Waals surface area contributed by atoms with Gasteiger partial charge in [-0.1, -0.05) is 13.8 Å². The van der Waals surface area contributed by atoms with Gasteiger partial charge in [-0.15, -0.1) is 0 Å². The summed E-state index contributed by atoms with van der Waals surface area (Å²) in [5, 5.41) is 0. The predicted molar refractivity (Wildman–Crippen MR) is 52.6 cm³/mol. The van der Waals surface area contributed by atoms with Crippen LogP contribution in [-0.2, 0) is 4.79 Å². The third-order valence-corrected chi connectivity index (χ3v) is 4.74. The molecule has 1 heterocycles. The van der Waals surface area contributed by atoms with E-state index in [9.17, 15) is 4.79 Å². The van der Waals surface area contributed by atoms with Gasteiger partial charge in [-0.3, -0.25) is 10.9 Å². The van der Waals surface area contributed by atoms with Gasteiger partial charge in [0.2, 0.25) is 0 Å². The summed E-state index contributed by atoms with van der Waals surface area (Å²) in [6, 6.07) is 0. The SMILES string of the molecule is C[SH]1CC(C=O)CC(C)(C)C1. The highest BCUT2D eigenvalue weighted by molar-refractivity contribution is 8.16. The highest BCUT2D eigenvalue weighted by atomic mass is 32.2. The van der Waals surface area contributed by atoms with E-state index in [4.69, 9.17) is 0 Å². The number of thiol groups is 1. The fourth-order valence-corrected chi connectivity index (χ4v) is 4.86. The molecule has 0 bridgehead atoms. The lowest BCUT2D eigenvalue weighted by atomic mass is 9.85. The lowest BCUT2D eigenvalue weighted by Crippen LogP contribution is -2.30. The van der Waals surface area contributed by atoms with Crippen molar-refractivity contribution in [3.8, 4) is 0 Å². The molecule has 0 radical (unpaired) electrons. The molecule has 0 saturated carbocycles. The van der Waals surface area contributed by atoms with E-state index >= 15 is 0 Å². The van der Waals surface area contributed by atoms with Gasteiger partial charge in [0, 0.05) is 5.92 Å². The van der Waals surface area contributed by atoms with E-state index in [0.29, 0.717) is 11.3 Å². The third-order valence-electron chi connectivity index (χ3n) is 2.25. The number of hydrogen-bond acceptors (Lipinski definition) is 1. The van der Waals surface area contributed by atoms with Crippen LogP contribution in [0.1, 0.15) is 20.3 Å². The van der Waals surface area contributed by atoms with Crippen molar-refractivity contribution < 1.29 is 4.79 Å². The van der Waals surface area contributed by atoms with Gasteiger partial charge < -0.3 is 4.79 Å². The maximum absolute atomic E-state index is 10.6. The molecule has 0 aliphatic carbocycles. The van der Waals surface area contributed by atoms with E-state index in [0.717, 1.165) is 12.7 Å². The first-order chi connectivity index (χ1) is 5.03. The smallest absolute Gasteiger partial charge is 0.123 e. The second-order valence-electron chi connectivity index (χ2n) is 4.46. The summed E-state index contributed by atoms with van der Waals surface area (Å²) in [4.78, 5) is 10.6. The second-order valence-corrected chi connectivity index (χ2v) is 6.85. The van der Waals surface area contributed by atoms with Crippen molar-refractivity contribution in [3.63, 3.8) is 0 Å². The molecule has 0 amide bonds. The van der Waals surface area contributed by atoms with Crippen LogP contribution in [0.4, 0.5) is 0 Å². The Balaban J connectivity index is 2.57. The van der Waals surface area contributed by atoms with Crippen LogP contribution >= 0.6 is 10.9 Å².